The Morgan fingerprint density at radius 2 is 1.86 bits per heavy atom. The van der Waals surface area contributed by atoms with Crippen LogP contribution in [0.25, 0.3) is 0 Å². The Morgan fingerprint density at radius 1 is 1.08 bits per heavy atom. The Labute approximate surface area is 223 Å². The van der Waals surface area contributed by atoms with Crippen molar-refractivity contribution in [1.82, 2.24) is 10.6 Å². The maximum absolute atomic E-state index is 13.5. The molecule has 0 spiro atoms. The Morgan fingerprint density at radius 3 is 2.57 bits per heavy atom. The molecule has 0 radical (unpaired) electrons. The highest BCUT2D eigenvalue weighted by atomic mass is 32.3. The number of carbonyl (C=O) groups is 1. The quantitative estimate of drug-likeness (QED) is 0.192. The molecule has 1 heterocycles. The van der Waals surface area contributed by atoms with Gasteiger partial charge in [-0.05, 0) is 62.9 Å². The van der Waals surface area contributed by atoms with Crippen molar-refractivity contribution in [2.45, 2.75) is 64.5 Å². The third-order valence-electron chi connectivity index (χ3n) is 6.62. The van der Waals surface area contributed by atoms with E-state index in [4.69, 9.17) is 0 Å². The predicted octanol–water partition coefficient (Wildman–Crippen LogP) is 4.87. The average Bonchev–Trinajstić information content (AvgIpc) is 2.88. The summed E-state index contributed by atoms with van der Waals surface area (Å²) in [6.07, 6.45) is 4.68. The standard InChI is InChI=1S/C28H44N4O4S/c1-3-5-9-14-29-21-27(33)26(17-22-12-7-6-8-13-22)31-28(34)23-18-24(30-4-2)20-25(19-23)32-15-10-11-16-37(32,35)36/h6-8,12-13,18-20,26-27,29-30,33,35-36H,3-5,9-11,14-17,21H2,1-2H3,(H,31,34)/t26-,27-/m0/s1. The summed E-state index contributed by atoms with van der Waals surface area (Å²) in [5, 5.41) is 20.7. The minimum absolute atomic E-state index is 0.305. The number of nitrogens with zero attached hydrogens (tertiary/aromatic N) is 1. The summed E-state index contributed by atoms with van der Waals surface area (Å²) in [7, 11) is -2.92. The molecular formula is C28H44N4O4S. The number of carbonyl (C=O) groups excluding carboxylic acids is 1. The number of unbranched alkanes of at least 4 members (excludes halogenated alkanes) is 2. The number of benzene rings is 2. The van der Waals surface area contributed by atoms with Crippen LogP contribution in [0.4, 0.5) is 11.4 Å². The smallest absolute Gasteiger partial charge is 0.251 e. The van der Waals surface area contributed by atoms with Crippen LogP contribution in [0.1, 0.15) is 61.9 Å². The summed E-state index contributed by atoms with van der Waals surface area (Å²) in [6.45, 7) is 6.54. The summed E-state index contributed by atoms with van der Waals surface area (Å²) in [6, 6.07) is 14.7. The molecule has 2 aromatic rings. The lowest BCUT2D eigenvalue weighted by Crippen LogP contribution is -2.49. The van der Waals surface area contributed by atoms with E-state index < -0.39 is 22.9 Å². The maximum atomic E-state index is 13.5. The van der Waals surface area contributed by atoms with E-state index in [-0.39, 0.29) is 5.91 Å². The molecule has 1 saturated heterocycles. The molecule has 206 valence electrons. The van der Waals surface area contributed by atoms with Gasteiger partial charge < -0.3 is 21.1 Å². The van der Waals surface area contributed by atoms with Gasteiger partial charge in [0.25, 0.3) is 5.91 Å². The number of amides is 1. The number of hydrogen-bond donors (Lipinski definition) is 6. The van der Waals surface area contributed by atoms with E-state index >= 15 is 0 Å². The summed E-state index contributed by atoms with van der Waals surface area (Å²) >= 11 is 0. The molecule has 0 bridgehead atoms. The predicted molar refractivity (Wildman–Crippen MR) is 155 cm³/mol. The van der Waals surface area contributed by atoms with Crippen LogP contribution in [0.3, 0.4) is 0 Å². The zero-order valence-electron chi connectivity index (χ0n) is 22.2. The molecule has 2 aromatic carbocycles. The van der Waals surface area contributed by atoms with Crippen LogP contribution in [0.15, 0.2) is 48.5 Å². The van der Waals surface area contributed by atoms with Crippen molar-refractivity contribution < 1.29 is 19.0 Å². The molecule has 1 aliphatic rings. The fourth-order valence-electron chi connectivity index (χ4n) is 4.59. The Kier molecular flexibility index (Phi) is 11.5. The zero-order valence-corrected chi connectivity index (χ0v) is 23.0. The van der Waals surface area contributed by atoms with Crippen molar-refractivity contribution in [3.63, 3.8) is 0 Å². The second-order valence-corrected chi connectivity index (χ2v) is 11.8. The minimum Gasteiger partial charge on any atom is -0.390 e. The van der Waals surface area contributed by atoms with Gasteiger partial charge in [-0.25, -0.2) is 0 Å². The van der Waals surface area contributed by atoms with Crippen molar-refractivity contribution in [3.8, 4) is 0 Å². The average molecular weight is 533 g/mol. The molecular weight excluding hydrogens is 488 g/mol. The van der Waals surface area contributed by atoms with Gasteiger partial charge in [0.05, 0.1) is 23.6 Å². The molecule has 0 aliphatic carbocycles. The van der Waals surface area contributed by atoms with E-state index in [2.05, 4.69) is 22.9 Å². The number of nitrogens with one attached hydrogen (secondary N) is 3. The number of aliphatic hydroxyl groups is 1. The molecule has 1 amide bonds. The molecule has 1 fully saturated rings. The second-order valence-electron chi connectivity index (χ2n) is 9.69. The first-order chi connectivity index (χ1) is 17.8. The number of aliphatic hydroxyl groups excluding tert-OH is 1. The van der Waals surface area contributed by atoms with Gasteiger partial charge in [0.2, 0.25) is 0 Å². The number of hydrogen-bond acceptors (Lipinski definition) is 7. The first kappa shape index (κ1) is 29.3. The summed E-state index contributed by atoms with van der Waals surface area (Å²) in [5.41, 5.74) is 2.79. The van der Waals surface area contributed by atoms with Gasteiger partial charge in [-0.15, -0.1) is 10.8 Å². The molecule has 2 atom stereocenters. The molecule has 37 heavy (non-hydrogen) atoms. The monoisotopic (exact) mass is 532 g/mol. The van der Waals surface area contributed by atoms with Crippen LogP contribution in [-0.4, -0.2) is 64.2 Å². The molecule has 9 heteroatoms. The van der Waals surface area contributed by atoms with E-state index in [1.165, 1.54) is 0 Å². The van der Waals surface area contributed by atoms with E-state index in [1.54, 1.807) is 16.4 Å². The number of rotatable bonds is 14. The molecule has 1 aliphatic heterocycles. The van der Waals surface area contributed by atoms with Gasteiger partial charge in [0.1, 0.15) is 0 Å². The van der Waals surface area contributed by atoms with Crippen LogP contribution < -0.4 is 20.3 Å². The molecule has 8 nitrogen and oxygen atoms in total. The lowest BCUT2D eigenvalue weighted by Gasteiger charge is -2.47. The van der Waals surface area contributed by atoms with Crippen molar-refractivity contribution in [2.75, 3.05) is 41.6 Å². The summed E-state index contributed by atoms with van der Waals surface area (Å²) in [4.78, 5) is 13.5. The highest BCUT2D eigenvalue weighted by Crippen LogP contribution is 2.50. The fourth-order valence-corrected chi connectivity index (χ4v) is 6.27. The highest BCUT2D eigenvalue weighted by molar-refractivity contribution is 8.25. The fraction of sp³-hybridized carbons (Fsp3) is 0.536. The third kappa shape index (κ3) is 8.90. The molecule has 3 rings (SSSR count). The second kappa shape index (κ2) is 14.6. The van der Waals surface area contributed by atoms with Crippen LogP contribution >= 0.6 is 10.8 Å². The zero-order chi connectivity index (χ0) is 26.7. The van der Waals surface area contributed by atoms with Gasteiger partial charge in [-0.1, -0.05) is 50.1 Å². The van der Waals surface area contributed by atoms with E-state index in [9.17, 15) is 19.0 Å². The van der Waals surface area contributed by atoms with Gasteiger partial charge >= 0.3 is 0 Å². The lowest BCUT2D eigenvalue weighted by molar-refractivity contribution is 0.0830. The maximum Gasteiger partial charge on any atom is 0.251 e. The SMILES string of the molecule is CCCCCNC[C@H](O)[C@H](Cc1ccccc1)NC(=O)c1cc(NCC)cc(N2CCCCS2(O)O)c1. The third-order valence-corrected chi connectivity index (χ3v) is 8.56. The first-order valence-corrected chi connectivity index (χ1v) is 15.2. The Balaban J connectivity index is 1.80. The van der Waals surface area contributed by atoms with Gasteiger partial charge in [-0.2, -0.15) is 0 Å². The van der Waals surface area contributed by atoms with E-state index in [0.29, 0.717) is 43.1 Å². The van der Waals surface area contributed by atoms with Crippen LogP contribution in [-0.2, 0) is 6.42 Å². The van der Waals surface area contributed by atoms with Crippen LogP contribution in [0, 0.1) is 0 Å². The van der Waals surface area contributed by atoms with Crippen molar-refractivity contribution in [3.05, 3.63) is 59.7 Å². The number of anilines is 2. The minimum atomic E-state index is -2.92. The van der Waals surface area contributed by atoms with Gasteiger partial charge in [0.15, 0.2) is 0 Å². The van der Waals surface area contributed by atoms with Gasteiger partial charge in [0, 0.05) is 30.9 Å². The van der Waals surface area contributed by atoms with Crippen LogP contribution in [0.2, 0.25) is 0 Å². The Hall–Kier alpha value is -2.30. The normalized spacial score (nSPS) is 17.6. The van der Waals surface area contributed by atoms with Crippen molar-refractivity contribution in [1.29, 1.82) is 0 Å². The summed E-state index contributed by atoms with van der Waals surface area (Å²) in [5.74, 6) is 0.0248. The molecule has 0 unspecified atom stereocenters. The highest BCUT2D eigenvalue weighted by Gasteiger charge is 2.28. The molecule has 6 N–H and O–H groups in total. The topological polar surface area (TPSA) is 117 Å². The van der Waals surface area contributed by atoms with Crippen molar-refractivity contribution >= 4 is 28.1 Å². The van der Waals surface area contributed by atoms with Crippen molar-refractivity contribution in [2.24, 2.45) is 0 Å². The lowest BCUT2D eigenvalue weighted by atomic mass is 10.00. The largest absolute Gasteiger partial charge is 0.390 e. The van der Waals surface area contributed by atoms with Crippen LogP contribution in [0.5, 0.6) is 0 Å². The van der Waals surface area contributed by atoms with E-state index in [0.717, 1.165) is 49.9 Å². The summed E-state index contributed by atoms with van der Waals surface area (Å²) < 4.78 is 23.0. The van der Waals surface area contributed by atoms with E-state index in [1.807, 2.05) is 43.3 Å². The Bertz CT molecular complexity index is 976. The first-order valence-electron chi connectivity index (χ1n) is 13.5. The molecule has 0 aromatic heterocycles. The van der Waals surface area contributed by atoms with Gasteiger partial charge in [-0.3, -0.25) is 18.2 Å². The molecule has 0 saturated carbocycles.